The van der Waals surface area contributed by atoms with Gasteiger partial charge in [-0.2, -0.15) is 0 Å². The number of hydrogen-bond acceptors (Lipinski definition) is 1. The number of carbonyl (C=O) groups is 1. The molecule has 1 nitrogen and oxygen atoms in total. The highest BCUT2D eigenvalue weighted by molar-refractivity contribution is 5.85. The second-order valence-corrected chi connectivity index (χ2v) is 9.03. The van der Waals surface area contributed by atoms with Crippen molar-refractivity contribution in [2.75, 3.05) is 0 Å². The zero-order valence-corrected chi connectivity index (χ0v) is 17.3. The van der Waals surface area contributed by atoms with E-state index in [1.165, 1.54) is 49.7 Å². The van der Waals surface area contributed by atoms with Crippen LogP contribution in [0.25, 0.3) is 5.57 Å². The van der Waals surface area contributed by atoms with Gasteiger partial charge < -0.3 is 0 Å². The molecular weight excluding hydrogens is 328 g/mol. The zero-order valence-electron chi connectivity index (χ0n) is 17.3. The van der Waals surface area contributed by atoms with E-state index in [-0.39, 0.29) is 0 Å². The Morgan fingerprint density at radius 3 is 2.52 bits per heavy atom. The van der Waals surface area contributed by atoms with Crippen molar-refractivity contribution in [1.29, 1.82) is 0 Å². The van der Waals surface area contributed by atoms with Crippen LogP contribution >= 0.6 is 0 Å². The molecule has 3 atom stereocenters. The molecule has 0 spiro atoms. The molecule has 0 heterocycles. The van der Waals surface area contributed by atoms with Crippen LogP contribution in [0.2, 0.25) is 0 Å². The molecule has 144 valence electrons. The number of Topliss-reactive ketones (excluding diaryl/α,β-unsaturated/α-hetero) is 1. The summed E-state index contributed by atoms with van der Waals surface area (Å²) >= 11 is 0. The van der Waals surface area contributed by atoms with Crippen molar-refractivity contribution in [2.24, 2.45) is 17.3 Å². The van der Waals surface area contributed by atoms with E-state index in [0.717, 1.165) is 31.1 Å². The largest absolute Gasteiger partial charge is 0.299 e. The molecule has 4 aliphatic rings. The molecule has 0 bridgehead atoms. The number of allylic oxidation sites excluding steroid dienone is 4. The molecule has 5 rings (SSSR count). The van der Waals surface area contributed by atoms with Crippen LogP contribution in [-0.4, -0.2) is 5.78 Å². The minimum absolute atomic E-state index is 0.459. The highest BCUT2D eigenvalue weighted by atomic mass is 16.1. The third-order valence-corrected chi connectivity index (χ3v) is 7.62. The van der Waals surface area contributed by atoms with Crippen molar-refractivity contribution in [3.63, 3.8) is 0 Å². The van der Waals surface area contributed by atoms with Crippen LogP contribution in [-0.2, 0) is 4.79 Å². The minimum Gasteiger partial charge on any atom is -0.299 e. The van der Waals surface area contributed by atoms with E-state index in [2.05, 4.69) is 37.3 Å². The maximum absolute atomic E-state index is 12.0. The second-order valence-electron chi connectivity index (χ2n) is 9.03. The minimum atomic E-state index is 0.459. The molecule has 1 saturated carbocycles. The van der Waals surface area contributed by atoms with Gasteiger partial charge in [-0.05, 0) is 78.1 Å². The predicted octanol–water partition coefficient (Wildman–Crippen LogP) is 7.14. The Kier molecular flexibility index (Phi) is 5.14. The number of benzene rings is 1. The molecule has 0 radical (unpaired) electrons. The first-order chi connectivity index (χ1) is 13.2. The second kappa shape index (κ2) is 7.41. The first-order valence-electron chi connectivity index (χ1n) is 11.2. The van der Waals surface area contributed by atoms with Crippen LogP contribution in [0.5, 0.6) is 0 Å². The first kappa shape index (κ1) is 18.7. The highest BCUT2D eigenvalue weighted by Crippen LogP contribution is 2.62. The van der Waals surface area contributed by atoms with Gasteiger partial charge in [-0.15, -0.1) is 0 Å². The summed E-state index contributed by atoms with van der Waals surface area (Å²) in [5, 5.41) is 0. The molecule has 2 unspecified atom stereocenters. The predicted molar refractivity (Wildman–Crippen MR) is 113 cm³/mol. The number of carbonyl (C=O) groups excluding carboxylic acids is 1. The molecule has 1 fully saturated rings. The molecule has 0 saturated heterocycles. The summed E-state index contributed by atoms with van der Waals surface area (Å²) < 4.78 is 0. The van der Waals surface area contributed by atoms with Gasteiger partial charge in [-0.25, -0.2) is 0 Å². The number of fused-ring (bicyclic) bond motifs is 4. The van der Waals surface area contributed by atoms with E-state index in [1.807, 2.05) is 13.8 Å². The molecule has 0 amide bonds. The van der Waals surface area contributed by atoms with Gasteiger partial charge in [0, 0.05) is 12.8 Å². The molecular formula is C26H34O. The lowest BCUT2D eigenvalue weighted by Gasteiger charge is -2.48. The van der Waals surface area contributed by atoms with Gasteiger partial charge in [0.15, 0.2) is 0 Å². The van der Waals surface area contributed by atoms with E-state index < -0.39 is 0 Å². The molecule has 0 aliphatic heterocycles. The van der Waals surface area contributed by atoms with Gasteiger partial charge in [0.2, 0.25) is 0 Å². The molecule has 0 N–H and O–H groups in total. The molecule has 0 aromatic heterocycles. The maximum atomic E-state index is 12.0. The molecule has 1 heteroatoms. The summed E-state index contributed by atoms with van der Waals surface area (Å²) in [5.41, 5.74) is 8.31. The average molecular weight is 363 g/mol. The van der Waals surface area contributed by atoms with Gasteiger partial charge in [0.1, 0.15) is 5.78 Å². The fourth-order valence-corrected chi connectivity index (χ4v) is 6.51. The summed E-state index contributed by atoms with van der Waals surface area (Å²) in [7, 11) is 0. The van der Waals surface area contributed by atoms with E-state index in [9.17, 15) is 4.79 Å². The van der Waals surface area contributed by atoms with E-state index >= 15 is 0 Å². The van der Waals surface area contributed by atoms with Crippen LogP contribution in [0.4, 0.5) is 0 Å². The van der Waals surface area contributed by atoms with Crippen LogP contribution < -0.4 is 0 Å². The number of hydrogen-bond donors (Lipinski definition) is 0. The smallest absolute Gasteiger partial charge is 0.137 e. The van der Waals surface area contributed by atoms with Gasteiger partial charge in [-0.1, -0.05) is 63.1 Å². The highest BCUT2D eigenvalue weighted by Gasteiger charge is 2.50. The van der Waals surface area contributed by atoms with Crippen molar-refractivity contribution in [1.82, 2.24) is 0 Å². The van der Waals surface area contributed by atoms with Crippen molar-refractivity contribution < 1.29 is 4.79 Å². The van der Waals surface area contributed by atoms with Crippen molar-refractivity contribution in [3.05, 3.63) is 52.6 Å². The summed E-state index contributed by atoms with van der Waals surface area (Å²) in [4.78, 5) is 12.0. The fraction of sp³-hybridized carbons (Fsp3) is 0.577. The Balaban J connectivity index is 0.000000872. The third-order valence-electron chi connectivity index (χ3n) is 7.62. The fourth-order valence-electron chi connectivity index (χ4n) is 6.51. The average Bonchev–Trinajstić information content (AvgIpc) is 3.10. The molecule has 27 heavy (non-hydrogen) atoms. The Morgan fingerprint density at radius 2 is 1.74 bits per heavy atom. The lowest BCUT2D eigenvalue weighted by atomic mass is 9.56. The number of ketones is 1. The van der Waals surface area contributed by atoms with Crippen LogP contribution in [0.1, 0.15) is 84.1 Å². The lowest BCUT2D eigenvalue weighted by Crippen LogP contribution is -2.37. The first-order valence-corrected chi connectivity index (χ1v) is 11.2. The molecule has 1 aromatic carbocycles. The summed E-state index contributed by atoms with van der Waals surface area (Å²) in [5.74, 6) is 2.06. The SMILES string of the molecule is CC.C[C@@]12CCCC1C1CCC3=C(CCC(=O)C3)C1=C(c1ccccc1)C2. The van der Waals surface area contributed by atoms with Gasteiger partial charge in [-0.3, -0.25) is 4.79 Å². The third kappa shape index (κ3) is 3.13. The van der Waals surface area contributed by atoms with Gasteiger partial charge >= 0.3 is 0 Å². The normalized spacial score (nSPS) is 32.3. The van der Waals surface area contributed by atoms with Gasteiger partial charge in [0.05, 0.1) is 0 Å². The summed E-state index contributed by atoms with van der Waals surface area (Å²) in [6.07, 6.45) is 10.4. The van der Waals surface area contributed by atoms with E-state index in [4.69, 9.17) is 0 Å². The van der Waals surface area contributed by atoms with E-state index in [0.29, 0.717) is 11.2 Å². The molecule has 4 aliphatic carbocycles. The standard InChI is InChI=1S/C24H28O.C2H6/c1-24-13-5-8-22(24)20-11-9-17-14-18(25)10-12-19(17)23(20)21(15-24)16-6-3-2-4-7-16;1-2/h2-4,6-7,20,22H,5,8-15H2,1H3;1-2H3/t20?,22?,24-;/m0./s1. The Bertz CT molecular complexity index is 782. The van der Waals surface area contributed by atoms with Crippen molar-refractivity contribution >= 4 is 11.4 Å². The van der Waals surface area contributed by atoms with Crippen molar-refractivity contribution in [3.8, 4) is 0 Å². The van der Waals surface area contributed by atoms with Gasteiger partial charge in [0.25, 0.3) is 0 Å². The number of rotatable bonds is 1. The van der Waals surface area contributed by atoms with E-state index in [1.54, 1.807) is 16.7 Å². The Hall–Kier alpha value is -1.63. The van der Waals surface area contributed by atoms with Crippen LogP contribution in [0.3, 0.4) is 0 Å². The van der Waals surface area contributed by atoms with Crippen LogP contribution in [0, 0.1) is 17.3 Å². The zero-order chi connectivity index (χ0) is 19.0. The van der Waals surface area contributed by atoms with Crippen molar-refractivity contribution in [2.45, 2.75) is 78.6 Å². The summed E-state index contributed by atoms with van der Waals surface area (Å²) in [6.45, 7) is 6.55. The molecule has 1 aromatic rings. The Morgan fingerprint density at radius 1 is 0.963 bits per heavy atom. The topological polar surface area (TPSA) is 17.1 Å². The lowest BCUT2D eigenvalue weighted by molar-refractivity contribution is -0.118. The summed E-state index contributed by atoms with van der Waals surface area (Å²) in [6, 6.07) is 11.1. The Labute approximate surface area is 164 Å². The maximum Gasteiger partial charge on any atom is 0.137 e. The quantitative estimate of drug-likeness (QED) is 0.519. The monoisotopic (exact) mass is 362 g/mol. The van der Waals surface area contributed by atoms with Crippen LogP contribution in [0.15, 0.2) is 47.1 Å².